The van der Waals surface area contributed by atoms with Gasteiger partial charge in [0.2, 0.25) is 5.91 Å². The number of carboxylic acids is 1. The van der Waals surface area contributed by atoms with Gasteiger partial charge in [0.25, 0.3) is 5.91 Å². The second-order valence-electron chi connectivity index (χ2n) is 9.50. The van der Waals surface area contributed by atoms with Crippen LogP contribution in [0.15, 0.2) is 36.4 Å². The summed E-state index contributed by atoms with van der Waals surface area (Å²) in [5.41, 5.74) is 3.20. The van der Waals surface area contributed by atoms with Gasteiger partial charge in [0, 0.05) is 25.3 Å². The lowest BCUT2D eigenvalue weighted by molar-refractivity contribution is -0.142. The van der Waals surface area contributed by atoms with Crippen LogP contribution in [0.5, 0.6) is 0 Å². The molecule has 1 saturated carbocycles. The highest BCUT2D eigenvalue weighted by Gasteiger charge is 2.35. The van der Waals surface area contributed by atoms with E-state index in [-0.39, 0.29) is 19.6 Å². The Balaban J connectivity index is 1.57. The lowest BCUT2D eigenvalue weighted by Crippen LogP contribution is -2.51. The summed E-state index contributed by atoms with van der Waals surface area (Å²) in [6.07, 6.45) is 1.89. The fraction of sp³-hybridized carbons (Fsp3) is 0.481. The molecule has 1 aliphatic rings. The van der Waals surface area contributed by atoms with Crippen LogP contribution in [0.25, 0.3) is 0 Å². The van der Waals surface area contributed by atoms with Gasteiger partial charge in [-0.15, -0.1) is 0 Å². The summed E-state index contributed by atoms with van der Waals surface area (Å²) in [4.78, 5) is 49.7. The zero-order chi connectivity index (χ0) is 26.9. The lowest BCUT2D eigenvalue weighted by atomic mass is 10.0. The Morgan fingerprint density at radius 2 is 1.86 bits per heavy atom. The highest BCUT2D eigenvalue weighted by atomic mass is 16.5. The predicted molar refractivity (Wildman–Crippen MR) is 137 cm³/mol. The van der Waals surface area contributed by atoms with E-state index < -0.39 is 41.9 Å². The van der Waals surface area contributed by atoms with Crippen molar-refractivity contribution in [1.82, 2.24) is 20.5 Å². The molecule has 0 bridgehead atoms. The molecule has 0 radical (unpaired) electrons. The van der Waals surface area contributed by atoms with Crippen LogP contribution in [-0.4, -0.2) is 52.2 Å². The Morgan fingerprint density at radius 3 is 2.51 bits per heavy atom. The van der Waals surface area contributed by atoms with Gasteiger partial charge in [-0.25, -0.2) is 4.79 Å². The summed E-state index contributed by atoms with van der Waals surface area (Å²) >= 11 is 0. The van der Waals surface area contributed by atoms with Gasteiger partial charge >= 0.3 is 12.1 Å². The van der Waals surface area contributed by atoms with E-state index in [4.69, 9.17) is 4.74 Å². The number of nitrogens with zero attached hydrogens (tertiary/aromatic N) is 1. The minimum Gasteiger partial charge on any atom is -0.481 e. The van der Waals surface area contributed by atoms with Gasteiger partial charge in [-0.05, 0) is 56.7 Å². The fourth-order valence-electron chi connectivity index (χ4n) is 4.55. The largest absolute Gasteiger partial charge is 0.481 e. The smallest absolute Gasteiger partial charge is 0.407 e. The number of aromatic nitrogens is 1. The van der Waals surface area contributed by atoms with Gasteiger partial charge in [0.05, 0.1) is 5.92 Å². The van der Waals surface area contributed by atoms with E-state index in [1.807, 2.05) is 44.2 Å². The number of hydrogen-bond donors (Lipinski definition) is 4. The van der Waals surface area contributed by atoms with Crippen LogP contribution < -0.4 is 16.0 Å². The number of benzene rings is 1. The second kappa shape index (κ2) is 12.9. The maximum absolute atomic E-state index is 13.1. The molecule has 1 aromatic carbocycles. The zero-order valence-corrected chi connectivity index (χ0v) is 21.6. The number of rotatable bonds is 11. The number of carbonyl (C=O) groups is 4. The van der Waals surface area contributed by atoms with Crippen molar-refractivity contribution in [2.75, 3.05) is 6.54 Å². The molecule has 1 fully saturated rings. The highest BCUT2D eigenvalue weighted by molar-refractivity contribution is 5.97. The minimum absolute atomic E-state index is 0.148. The summed E-state index contributed by atoms with van der Waals surface area (Å²) in [5.74, 6) is -2.40. The Hall–Kier alpha value is -3.82. The third kappa shape index (κ3) is 7.58. The molecule has 3 amide bonds. The average molecular weight is 513 g/mol. The van der Waals surface area contributed by atoms with Crippen molar-refractivity contribution in [3.8, 4) is 0 Å². The average Bonchev–Trinajstić information content (AvgIpc) is 3.45. The van der Waals surface area contributed by atoms with Crippen molar-refractivity contribution in [3.05, 3.63) is 58.9 Å². The molecule has 1 aliphatic carbocycles. The zero-order valence-electron chi connectivity index (χ0n) is 21.6. The predicted octanol–water partition coefficient (Wildman–Crippen LogP) is 2.82. The molecule has 0 unspecified atom stereocenters. The van der Waals surface area contributed by atoms with Crippen molar-refractivity contribution in [1.29, 1.82) is 0 Å². The van der Waals surface area contributed by atoms with E-state index >= 15 is 0 Å². The van der Waals surface area contributed by atoms with Gasteiger partial charge in [-0.1, -0.05) is 36.8 Å². The Labute approximate surface area is 216 Å². The summed E-state index contributed by atoms with van der Waals surface area (Å²) < 4.78 is 6.96. The van der Waals surface area contributed by atoms with E-state index in [9.17, 15) is 24.3 Å². The molecule has 4 N–H and O–H groups in total. The van der Waals surface area contributed by atoms with E-state index in [1.54, 1.807) is 17.7 Å². The van der Waals surface area contributed by atoms with Crippen LogP contribution in [-0.2, 0) is 28.0 Å². The quantitative estimate of drug-likeness (QED) is 0.342. The van der Waals surface area contributed by atoms with Crippen molar-refractivity contribution in [3.63, 3.8) is 0 Å². The summed E-state index contributed by atoms with van der Waals surface area (Å²) in [7, 11) is 1.79. The number of aliphatic carboxylic acids is 1. The third-order valence-electron chi connectivity index (χ3n) is 6.96. The van der Waals surface area contributed by atoms with Crippen molar-refractivity contribution in [2.45, 2.75) is 64.6 Å². The number of aryl methyl sites for hydroxylation is 1. The van der Waals surface area contributed by atoms with Gasteiger partial charge in [-0.3, -0.25) is 14.4 Å². The maximum atomic E-state index is 13.1. The standard InChI is InChI=1S/C27H36N4O6/c1-17-15-23(31(3)18(17)2)25(33)30-22(24(32)29-21-12-7-11-20(21)26(34)35)13-8-14-28-27(36)37-16-19-9-5-4-6-10-19/h4-6,9-10,15,20-22H,7-8,11-14,16H2,1-3H3,(H,28,36)(H,29,32)(H,30,33)(H,34,35)/t20-,21+,22+/m1/s1. The number of carbonyl (C=O) groups excluding carboxylic acids is 3. The fourth-order valence-corrected chi connectivity index (χ4v) is 4.55. The molecular weight excluding hydrogens is 476 g/mol. The molecule has 10 nitrogen and oxygen atoms in total. The molecule has 1 heterocycles. The highest BCUT2D eigenvalue weighted by Crippen LogP contribution is 2.26. The molecule has 3 atom stereocenters. The van der Waals surface area contributed by atoms with Crippen molar-refractivity contribution >= 4 is 23.9 Å². The maximum Gasteiger partial charge on any atom is 0.407 e. The first kappa shape index (κ1) is 27.8. The molecule has 2 aromatic rings. The van der Waals surface area contributed by atoms with E-state index in [2.05, 4.69) is 16.0 Å². The Bertz CT molecular complexity index is 1110. The number of hydrogen-bond acceptors (Lipinski definition) is 5. The molecule has 37 heavy (non-hydrogen) atoms. The normalized spacial score (nSPS) is 17.6. The number of amides is 3. The van der Waals surface area contributed by atoms with Crippen LogP contribution in [0.1, 0.15) is 59.4 Å². The molecule has 10 heteroatoms. The Morgan fingerprint density at radius 1 is 1.14 bits per heavy atom. The van der Waals surface area contributed by atoms with Crippen LogP contribution in [0.3, 0.4) is 0 Å². The number of carboxylic acid groups (broad SMARTS) is 1. The van der Waals surface area contributed by atoms with Gasteiger partial charge < -0.3 is 30.4 Å². The van der Waals surface area contributed by atoms with E-state index in [0.29, 0.717) is 25.0 Å². The van der Waals surface area contributed by atoms with Crippen molar-refractivity contribution < 1.29 is 29.0 Å². The monoisotopic (exact) mass is 512 g/mol. The minimum atomic E-state index is -0.934. The molecule has 0 aliphatic heterocycles. The first-order valence-electron chi connectivity index (χ1n) is 12.6. The second-order valence-corrected chi connectivity index (χ2v) is 9.50. The number of ether oxygens (including phenoxy) is 1. The first-order chi connectivity index (χ1) is 17.7. The van der Waals surface area contributed by atoms with Crippen LogP contribution >= 0.6 is 0 Å². The Kier molecular flexibility index (Phi) is 9.71. The number of nitrogens with one attached hydrogen (secondary N) is 3. The molecule has 0 spiro atoms. The molecule has 0 saturated heterocycles. The lowest BCUT2D eigenvalue weighted by Gasteiger charge is -2.23. The van der Waals surface area contributed by atoms with Gasteiger partial charge in [-0.2, -0.15) is 0 Å². The van der Waals surface area contributed by atoms with Crippen LogP contribution in [0, 0.1) is 19.8 Å². The van der Waals surface area contributed by atoms with Gasteiger partial charge in [0.1, 0.15) is 18.3 Å². The molecular formula is C27H36N4O6. The molecule has 3 rings (SSSR count). The van der Waals surface area contributed by atoms with Crippen LogP contribution in [0.4, 0.5) is 4.79 Å². The van der Waals surface area contributed by atoms with Crippen molar-refractivity contribution in [2.24, 2.45) is 13.0 Å². The van der Waals surface area contributed by atoms with Crippen LogP contribution in [0.2, 0.25) is 0 Å². The van der Waals surface area contributed by atoms with E-state index in [0.717, 1.165) is 23.2 Å². The summed E-state index contributed by atoms with van der Waals surface area (Å²) in [5, 5.41) is 17.8. The molecule has 1 aromatic heterocycles. The summed E-state index contributed by atoms with van der Waals surface area (Å²) in [6, 6.07) is 9.71. The first-order valence-corrected chi connectivity index (χ1v) is 12.6. The topological polar surface area (TPSA) is 139 Å². The van der Waals surface area contributed by atoms with Gasteiger partial charge in [0.15, 0.2) is 0 Å². The number of alkyl carbamates (subject to hydrolysis) is 1. The third-order valence-corrected chi connectivity index (χ3v) is 6.96. The molecule has 200 valence electrons. The SMILES string of the molecule is Cc1cc(C(=O)N[C@@H](CCCNC(=O)OCc2ccccc2)C(=O)N[C@H]2CCC[C@H]2C(=O)O)n(C)c1C. The van der Waals surface area contributed by atoms with E-state index in [1.165, 1.54) is 0 Å². The summed E-state index contributed by atoms with van der Waals surface area (Å²) in [6.45, 7) is 4.21.